The van der Waals surface area contributed by atoms with Gasteiger partial charge in [-0.1, -0.05) is 6.07 Å². The fourth-order valence-corrected chi connectivity index (χ4v) is 2.99. The third-order valence-corrected chi connectivity index (χ3v) is 4.78. The molecular formula is C16H9F5NO6P. The number of fused-ring (bicyclic) bond motifs is 1. The summed E-state index contributed by atoms with van der Waals surface area (Å²) in [5.74, 6) is -17.1. The third kappa shape index (κ3) is 3.75. The standard InChI is InChI=1S/C16H9F5NO6P/c17-9-10(18)12(20)14(13(21)11(9)19)28-15(23)8-4-6-3-5(1-2-7(6)22-8)16(24)29(25,26)27/h1-4,16,22,24H,(H2,25,26,27). The lowest BCUT2D eigenvalue weighted by Gasteiger charge is -2.12. The van der Waals surface area contributed by atoms with Gasteiger partial charge in [0.25, 0.3) is 0 Å². The van der Waals surface area contributed by atoms with Gasteiger partial charge in [-0.2, -0.15) is 8.78 Å². The number of carbonyl (C=O) groups excluding carboxylic acids is 1. The highest BCUT2D eigenvalue weighted by Crippen LogP contribution is 2.50. The van der Waals surface area contributed by atoms with Crippen molar-refractivity contribution in [3.8, 4) is 5.75 Å². The van der Waals surface area contributed by atoms with Gasteiger partial charge in [0.05, 0.1) is 0 Å². The van der Waals surface area contributed by atoms with E-state index in [0.29, 0.717) is 0 Å². The molecule has 1 aromatic heterocycles. The topological polar surface area (TPSA) is 120 Å². The molecule has 154 valence electrons. The lowest BCUT2D eigenvalue weighted by atomic mass is 10.1. The maximum Gasteiger partial charge on any atom is 0.360 e. The van der Waals surface area contributed by atoms with Crippen molar-refractivity contribution in [2.24, 2.45) is 0 Å². The second kappa shape index (κ2) is 7.23. The van der Waals surface area contributed by atoms with Crippen molar-refractivity contribution >= 4 is 24.5 Å². The van der Waals surface area contributed by atoms with Crippen LogP contribution in [0.5, 0.6) is 5.75 Å². The number of nitrogens with one attached hydrogen (secondary N) is 1. The summed E-state index contributed by atoms with van der Waals surface area (Å²) in [4.78, 5) is 32.5. The number of esters is 1. The zero-order valence-corrected chi connectivity index (χ0v) is 14.7. The van der Waals surface area contributed by atoms with Crippen LogP contribution in [0.2, 0.25) is 0 Å². The fourth-order valence-electron chi connectivity index (χ4n) is 2.44. The Morgan fingerprint density at radius 3 is 2.07 bits per heavy atom. The van der Waals surface area contributed by atoms with Gasteiger partial charge in [-0.15, -0.1) is 0 Å². The van der Waals surface area contributed by atoms with Gasteiger partial charge in [0.1, 0.15) is 5.69 Å². The minimum atomic E-state index is -4.87. The van der Waals surface area contributed by atoms with E-state index in [-0.39, 0.29) is 16.5 Å². The molecule has 0 aliphatic rings. The lowest BCUT2D eigenvalue weighted by Crippen LogP contribution is -2.14. The Hall–Kier alpha value is -2.79. The number of benzene rings is 2. The number of ether oxygens (including phenoxy) is 1. The van der Waals surface area contributed by atoms with Gasteiger partial charge in [-0.25, -0.2) is 18.0 Å². The molecule has 1 unspecified atom stereocenters. The van der Waals surface area contributed by atoms with E-state index >= 15 is 0 Å². The number of H-pyrrole nitrogens is 1. The Bertz CT molecular complexity index is 1160. The molecular weight excluding hydrogens is 428 g/mol. The van der Waals surface area contributed by atoms with Crippen LogP contribution >= 0.6 is 7.60 Å². The van der Waals surface area contributed by atoms with Gasteiger partial charge >= 0.3 is 13.6 Å². The van der Waals surface area contributed by atoms with Crippen molar-refractivity contribution in [2.75, 3.05) is 0 Å². The SMILES string of the molecule is O=C(Oc1c(F)c(F)c(F)c(F)c1F)c1cc2cc(C(O)P(=O)(O)O)ccc2[nH]1. The Kier molecular flexibility index (Phi) is 5.22. The van der Waals surface area contributed by atoms with Crippen LogP contribution in [-0.2, 0) is 4.57 Å². The van der Waals surface area contributed by atoms with E-state index in [1.54, 1.807) is 0 Å². The number of aromatic nitrogens is 1. The highest BCUT2D eigenvalue weighted by Gasteiger charge is 2.30. The molecule has 7 nitrogen and oxygen atoms in total. The van der Waals surface area contributed by atoms with Gasteiger partial charge < -0.3 is 24.6 Å². The first-order valence-electron chi connectivity index (χ1n) is 7.51. The molecule has 0 spiro atoms. The Balaban J connectivity index is 1.96. The first-order chi connectivity index (χ1) is 13.4. The monoisotopic (exact) mass is 437 g/mol. The lowest BCUT2D eigenvalue weighted by molar-refractivity contribution is 0.0710. The van der Waals surface area contributed by atoms with E-state index in [9.17, 15) is 36.4 Å². The number of halogens is 5. The van der Waals surface area contributed by atoms with Gasteiger partial charge in [-0.3, -0.25) is 4.57 Å². The van der Waals surface area contributed by atoms with Crippen molar-refractivity contribution in [1.82, 2.24) is 4.98 Å². The average Bonchev–Trinajstić information content (AvgIpc) is 3.10. The van der Waals surface area contributed by atoms with Crippen LogP contribution in [0.4, 0.5) is 22.0 Å². The van der Waals surface area contributed by atoms with E-state index in [2.05, 4.69) is 9.72 Å². The van der Waals surface area contributed by atoms with Gasteiger partial charge in [0.2, 0.25) is 34.8 Å². The molecule has 4 N–H and O–H groups in total. The van der Waals surface area contributed by atoms with Crippen molar-refractivity contribution in [2.45, 2.75) is 5.85 Å². The van der Waals surface area contributed by atoms with Gasteiger partial charge in [0, 0.05) is 10.9 Å². The minimum Gasteiger partial charge on any atom is -0.415 e. The summed E-state index contributed by atoms with van der Waals surface area (Å²) < 4.78 is 82.1. The second-order valence-corrected chi connectivity index (χ2v) is 7.45. The van der Waals surface area contributed by atoms with Crippen molar-refractivity contribution in [3.63, 3.8) is 0 Å². The number of rotatable bonds is 4. The highest BCUT2D eigenvalue weighted by molar-refractivity contribution is 7.51. The minimum absolute atomic E-state index is 0.138. The second-order valence-electron chi connectivity index (χ2n) is 5.78. The molecule has 0 fully saturated rings. The molecule has 0 aliphatic carbocycles. The van der Waals surface area contributed by atoms with E-state index < -0.39 is 59.9 Å². The number of carbonyl (C=O) groups is 1. The number of aliphatic hydroxyl groups excluding tert-OH is 1. The molecule has 0 saturated heterocycles. The predicted molar refractivity (Wildman–Crippen MR) is 86.5 cm³/mol. The summed E-state index contributed by atoms with van der Waals surface area (Å²) in [7, 11) is -4.87. The van der Waals surface area contributed by atoms with Crippen LogP contribution in [0.25, 0.3) is 10.9 Å². The van der Waals surface area contributed by atoms with Gasteiger partial charge in [0.15, 0.2) is 5.85 Å². The predicted octanol–water partition coefficient (Wildman–Crippen LogP) is 3.25. The number of hydrogen-bond donors (Lipinski definition) is 4. The summed E-state index contributed by atoms with van der Waals surface area (Å²) >= 11 is 0. The Labute approximate surface area is 157 Å². The summed E-state index contributed by atoms with van der Waals surface area (Å²) in [5, 5.41) is 9.75. The fraction of sp³-hybridized carbons (Fsp3) is 0.0625. The van der Waals surface area contributed by atoms with E-state index in [0.717, 1.165) is 18.2 Å². The van der Waals surface area contributed by atoms with Crippen LogP contribution in [0, 0.1) is 29.1 Å². The Morgan fingerprint density at radius 1 is 0.966 bits per heavy atom. The summed E-state index contributed by atoms with van der Waals surface area (Å²) in [6.07, 6.45) is 0. The normalized spacial score (nSPS) is 13.0. The van der Waals surface area contributed by atoms with Crippen LogP contribution in [0.3, 0.4) is 0 Å². The molecule has 0 saturated carbocycles. The van der Waals surface area contributed by atoms with E-state index in [4.69, 9.17) is 9.79 Å². The van der Waals surface area contributed by atoms with Crippen molar-refractivity contribution in [3.05, 3.63) is 64.6 Å². The first kappa shape index (κ1) is 20.9. The van der Waals surface area contributed by atoms with Crippen molar-refractivity contribution in [1.29, 1.82) is 0 Å². The molecule has 2 aromatic carbocycles. The van der Waals surface area contributed by atoms with Crippen LogP contribution < -0.4 is 4.74 Å². The molecule has 0 aliphatic heterocycles. The van der Waals surface area contributed by atoms with E-state index in [1.807, 2.05) is 0 Å². The highest BCUT2D eigenvalue weighted by atomic mass is 31.2. The molecule has 0 radical (unpaired) electrons. The maximum atomic E-state index is 13.6. The molecule has 1 atom stereocenters. The summed E-state index contributed by atoms with van der Waals surface area (Å²) in [5.41, 5.74) is -0.465. The summed E-state index contributed by atoms with van der Waals surface area (Å²) in [6.45, 7) is 0. The number of aromatic amines is 1. The molecule has 3 rings (SSSR count). The first-order valence-corrected chi connectivity index (χ1v) is 9.19. The largest absolute Gasteiger partial charge is 0.415 e. The molecule has 13 heteroatoms. The van der Waals surface area contributed by atoms with E-state index in [1.165, 1.54) is 6.07 Å². The van der Waals surface area contributed by atoms with Crippen LogP contribution in [0.1, 0.15) is 21.9 Å². The quantitative estimate of drug-likeness (QED) is 0.124. The Morgan fingerprint density at radius 2 is 1.52 bits per heavy atom. The van der Waals surface area contributed by atoms with Crippen LogP contribution in [-0.4, -0.2) is 25.8 Å². The smallest absolute Gasteiger partial charge is 0.360 e. The molecule has 3 aromatic rings. The molecule has 0 amide bonds. The van der Waals surface area contributed by atoms with Crippen molar-refractivity contribution < 1.29 is 50.9 Å². The zero-order valence-electron chi connectivity index (χ0n) is 13.8. The van der Waals surface area contributed by atoms with Gasteiger partial charge in [-0.05, 0) is 23.8 Å². The molecule has 29 heavy (non-hydrogen) atoms. The maximum absolute atomic E-state index is 13.6. The zero-order chi connectivity index (χ0) is 21.7. The number of aliphatic hydroxyl groups is 1. The molecule has 1 heterocycles. The van der Waals surface area contributed by atoms with Crippen LogP contribution in [0.15, 0.2) is 24.3 Å². The third-order valence-electron chi connectivity index (χ3n) is 3.85. The molecule has 0 bridgehead atoms. The number of hydrogen-bond acceptors (Lipinski definition) is 4. The summed E-state index contributed by atoms with van der Waals surface area (Å²) in [6, 6.07) is 4.52. The average molecular weight is 437 g/mol.